The lowest BCUT2D eigenvalue weighted by Gasteiger charge is -2.23. The highest BCUT2D eigenvalue weighted by Crippen LogP contribution is 2.03. The molecule has 1 fully saturated rings. The number of aliphatic hydroxyl groups excluding tert-OH is 1. The molecular weight excluding hydrogens is 142 g/mol. The highest BCUT2D eigenvalue weighted by Gasteiger charge is 2.18. The number of aliphatic hydroxyl groups is 1. The van der Waals surface area contributed by atoms with Crippen LogP contribution >= 0.6 is 12.4 Å². The summed E-state index contributed by atoms with van der Waals surface area (Å²) >= 11 is 0. The van der Waals surface area contributed by atoms with Crippen LogP contribution in [0.1, 0.15) is 6.42 Å². The summed E-state index contributed by atoms with van der Waals surface area (Å²) in [6.45, 7) is 1.15. The van der Waals surface area contributed by atoms with Crippen molar-refractivity contribution in [3.8, 4) is 0 Å². The fraction of sp³-hybridized carbons (Fsp3) is 1.00. The lowest BCUT2D eigenvalue weighted by atomic mass is 10.1. The van der Waals surface area contributed by atoms with E-state index in [4.69, 9.17) is 15.6 Å². The fourth-order valence-electron chi connectivity index (χ4n) is 0.749. The zero-order chi connectivity index (χ0) is 5.98. The highest BCUT2D eigenvalue weighted by atomic mass is 35.5. The second-order valence-electron chi connectivity index (χ2n) is 2.09. The van der Waals surface area contributed by atoms with Crippen LogP contribution in [0.4, 0.5) is 0 Å². The van der Waals surface area contributed by atoms with E-state index in [1.165, 1.54) is 0 Å². The maximum atomic E-state index is 8.97. The third kappa shape index (κ3) is 2.49. The second-order valence-corrected chi connectivity index (χ2v) is 2.09. The maximum Gasteiger partial charge on any atom is 0.0735 e. The first kappa shape index (κ1) is 9.17. The van der Waals surface area contributed by atoms with Gasteiger partial charge in [-0.1, -0.05) is 0 Å². The van der Waals surface area contributed by atoms with Crippen molar-refractivity contribution < 1.29 is 9.84 Å². The zero-order valence-electron chi connectivity index (χ0n) is 5.12. The molecule has 0 saturated carbocycles. The average Bonchev–Trinajstić information content (AvgIpc) is 1.77. The smallest absolute Gasteiger partial charge is 0.0735 e. The third-order valence-electron chi connectivity index (χ3n) is 1.36. The molecule has 1 saturated heterocycles. The summed E-state index contributed by atoms with van der Waals surface area (Å²) in [6, 6.07) is -0.163. The minimum Gasteiger partial charge on any atom is -0.391 e. The predicted octanol–water partition coefficient (Wildman–Crippen LogP) is -0.483. The van der Waals surface area contributed by atoms with Gasteiger partial charge in [-0.05, 0) is 6.42 Å². The van der Waals surface area contributed by atoms with Gasteiger partial charge in [0.2, 0.25) is 0 Å². The first-order valence-corrected chi connectivity index (χ1v) is 2.82. The molecule has 0 spiro atoms. The first-order chi connectivity index (χ1) is 3.80. The Labute approximate surface area is 60.6 Å². The van der Waals surface area contributed by atoms with Gasteiger partial charge < -0.3 is 15.6 Å². The van der Waals surface area contributed by atoms with Crippen molar-refractivity contribution in [1.82, 2.24) is 0 Å². The van der Waals surface area contributed by atoms with E-state index in [-0.39, 0.29) is 24.6 Å². The molecule has 0 radical (unpaired) electrons. The molecule has 56 valence electrons. The predicted molar refractivity (Wildman–Crippen MR) is 36.7 cm³/mol. The topological polar surface area (TPSA) is 55.5 Å². The first-order valence-electron chi connectivity index (χ1n) is 2.82. The molecule has 4 heteroatoms. The van der Waals surface area contributed by atoms with Gasteiger partial charge in [-0.15, -0.1) is 12.4 Å². The van der Waals surface area contributed by atoms with Crippen LogP contribution in [0.3, 0.4) is 0 Å². The Hall–Kier alpha value is 0.170. The van der Waals surface area contributed by atoms with Gasteiger partial charge in [0.05, 0.1) is 18.8 Å². The standard InChI is InChI=1S/C5H11NO2.ClH/c6-4-3-8-2-1-5(4)7;/h4-5,7H,1-3,6H2;1H/t4-,5-;/m0./s1. The average molecular weight is 154 g/mol. The minimum absolute atomic E-state index is 0. The van der Waals surface area contributed by atoms with Crippen molar-refractivity contribution in [2.45, 2.75) is 18.6 Å². The Bertz CT molecular complexity index is 71.4. The van der Waals surface area contributed by atoms with Crippen molar-refractivity contribution in [2.24, 2.45) is 5.73 Å². The Morgan fingerprint density at radius 2 is 2.22 bits per heavy atom. The molecule has 1 aliphatic rings. The van der Waals surface area contributed by atoms with Crippen LogP contribution in [0.5, 0.6) is 0 Å². The van der Waals surface area contributed by atoms with Gasteiger partial charge in [0, 0.05) is 6.61 Å². The molecule has 2 atom stereocenters. The van der Waals surface area contributed by atoms with Crippen LogP contribution in [0.15, 0.2) is 0 Å². The maximum absolute atomic E-state index is 8.97. The van der Waals surface area contributed by atoms with Crippen LogP contribution in [-0.2, 0) is 4.74 Å². The molecule has 0 aromatic heterocycles. The van der Waals surface area contributed by atoms with E-state index in [1.807, 2.05) is 0 Å². The number of nitrogens with two attached hydrogens (primary N) is 1. The van der Waals surface area contributed by atoms with Crippen molar-refractivity contribution in [1.29, 1.82) is 0 Å². The number of ether oxygens (including phenoxy) is 1. The molecule has 9 heavy (non-hydrogen) atoms. The Balaban J connectivity index is 0.000000640. The zero-order valence-corrected chi connectivity index (χ0v) is 5.93. The molecule has 1 aliphatic heterocycles. The van der Waals surface area contributed by atoms with Gasteiger partial charge in [0.1, 0.15) is 0 Å². The van der Waals surface area contributed by atoms with Gasteiger partial charge >= 0.3 is 0 Å². The van der Waals surface area contributed by atoms with Crippen LogP contribution in [-0.4, -0.2) is 30.5 Å². The summed E-state index contributed by atoms with van der Waals surface area (Å²) in [5.41, 5.74) is 5.40. The van der Waals surface area contributed by atoms with Crippen LogP contribution in [0.2, 0.25) is 0 Å². The molecular formula is C5H12ClNO2. The lowest BCUT2D eigenvalue weighted by molar-refractivity contribution is -0.00319. The quantitative estimate of drug-likeness (QED) is 0.494. The summed E-state index contributed by atoms with van der Waals surface area (Å²) in [5.74, 6) is 0. The summed E-state index contributed by atoms with van der Waals surface area (Å²) in [4.78, 5) is 0. The molecule has 0 aromatic carbocycles. The van der Waals surface area contributed by atoms with E-state index in [9.17, 15) is 0 Å². The Morgan fingerprint density at radius 3 is 2.56 bits per heavy atom. The molecule has 0 bridgehead atoms. The van der Waals surface area contributed by atoms with Crippen LogP contribution in [0.25, 0.3) is 0 Å². The molecule has 3 nitrogen and oxygen atoms in total. The van der Waals surface area contributed by atoms with Gasteiger partial charge in [-0.2, -0.15) is 0 Å². The van der Waals surface area contributed by atoms with Gasteiger partial charge in [0.15, 0.2) is 0 Å². The van der Waals surface area contributed by atoms with E-state index in [0.717, 1.165) is 0 Å². The van der Waals surface area contributed by atoms with E-state index in [2.05, 4.69) is 0 Å². The normalized spacial score (nSPS) is 35.3. The number of hydrogen-bond acceptors (Lipinski definition) is 3. The molecule has 3 N–H and O–H groups in total. The SMILES string of the molecule is Cl.N[C@H]1COCC[C@@H]1O. The van der Waals surface area contributed by atoms with Gasteiger partial charge in [-0.3, -0.25) is 0 Å². The van der Waals surface area contributed by atoms with Gasteiger partial charge in [0.25, 0.3) is 0 Å². The lowest BCUT2D eigenvalue weighted by Crippen LogP contribution is -2.43. The Kier molecular flexibility index (Phi) is 4.14. The van der Waals surface area contributed by atoms with Gasteiger partial charge in [-0.25, -0.2) is 0 Å². The molecule has 1 rings (SSSR count). The van der Waals surface area contributed by atoms with Crippen LogP contribution in [0, 0.1) is 0 Å². The molecule has 0 aliphatic carbocycles. The molecule has 0 unspecified atom stereocenters. The molecule has 0 aromatic rings. The van der Waals surface area contributed by atoms with E-state index in [1.54, 1.807) is 0 Å². The summed E-state index contributed by atoms with van der Waals surface area (Å²) in [7, 11) is 0. The van der Waals surface area contributed by atoms with Crippen molar-refractivity contribution in [3.05, 3.63) is 0 Å². The van der Waals surface area contributed by atoms with E-state index >= 15 is 0 Å². The third-order valence-corrected chi connectivity index (χ3v) is 1.36. The summed E-state index contributed by atoms with van der Waals surface area (Å²) in [6.07, 6.45) is 0.338. The van der Waals surface area contributed by atoms with E-state index < -0.39 is 0 Å². The molecule has 1 heterocycles. The number of hydrogen-bond donors (Lipinski definition) is 2. The monoisotopic (exact) mass is 153 g/mol. The second kappa shape index (κ2) is 4.06. The summed E-state index contributed by atoms with van der Waals surface area (Å²) in [5, 5.41) is 8.97. The van der Waals surface area contributed by atoms with Crippen LogP contribution < -0.4 is 5.73 Å². The molecule has 0 amide bonds. The van der Waals surface area contributed by atoms with Crippen molar-refractivity contribution >= 4 is 12.4 Å². The summed E-state index contributed by atoms with van der Waals surface area (Å²) < 4.78 is 4.97. The fourth-order valence-corrected chi connectivity index (χ4v) is 0.749. The largest absolute Gasteiger partial charge is 0.391 e. The number of rotatable bonds is 0. The number of halogens is 1. The van der Waals surface area contributed by atoms with Crippen molar-refractivity contribution in [2.75, 3.05) is 13.2 Å². The highest BCUT2D eigenvalue weighted by molar-refractivity contribution is 5.85. The minimum atomic E-state index is -0.344. The van der Waals surface area contributed by atoms with E-state index in [0.29, 0.717) is 19.6 Å². The Morgan fingerprint density at radius 1 is 1.56 bits per heavy atom. The van der Waals surface area contributed by atoms with Crippen molar-refractivity contribution in [3.63, 3.8) is 0 Å².